The number of aromatic amines is 2. The molecule has 0 amide bonds. The Labute approximate surface area is 91.4 Å². The Hall–Kier alpha value is -2.24. The normalized spacial score (nSPS) is 9.12. The van der Waals surface area contributed by atoms with Gasteiger partial charge in [-0.05, 0) is 19.4 Å². The second kappa shape index (κ2) is 5.59. The third-order valence-electron chi connectivity index (χ3n) is 1.69. The quantitative estimate of drug-likeness (QED) is 0.661. The van der Waals surface area contributed by atoms with E-state index in [0.29, 0.717) is 5.56 Å². The lowest BCUT2D eigenvalue weighted by Crippen LogP contribution is -2.22. The van der Waals surface area contributed by atoms with Crippen molar-refractivity contribution in [3.05, 3.63) is 56.9 Å². The van der Waals surface area contributed by atoms with Crippen molar-refractivity contribution in [2.75, 3.05) is 0 Å². The van der Waals surface area contributed by atoms with Crippen LogP contribution in [0, 0.1) is 13.8 Å². The maximum atomic E-state index is 10.6. The number of rotatable bonds is 0. The third kappa shape index (κ3) is 3.87. The van der Waals surface area contributed by atoms with Crippen molar-refractivity contribution < 1.29 is 0 Å². The van der Waals surface area contributed by atoms with E-state index in [1.54, 1.807) is 19.3 Å². The highest BCUT2D eigenvalue weighted by molar-refractivity contribution is 4.98. The van der Waals surface area contributed by atoms with Gasteiger partial charge in [0.1, 0.15) is 6.33 Å². The van der Waals surface area contributed by atoms with E-state index in [4.69, 9.17) is 0 Å². The van der Waals surface area contributed by atoms with Crippen LogP contribution in [0.4, 0.5) is 0 Å². The highest BCUT2D eigenvalue weighted by atomic mass is 16.2. The summed E-state index contributed by atoms with van der Waals surface area (Å²) in [6.07, 6.45) is 6.44. The van der Waals surface area contributed by atoms with Crippen LogP contribution in [0.1, 0.15) is 11.1 Å². The molecule has 0 atom stereocenters. The van der Waals surface area contributed by atoms with E-state index in [1.807, 2.05) is 6.92 Å². The smallest absolute Gasteiger partial charge is 0.314 e. The minimum Gasteiger partial charge on any atom is -0.314 e. The van der Waals surface area contributed by atoms with Crippen LogP contribution in [-0.4, -0.2) is 19.9 Å². The first-order valence-corrected chi connectivity index (χ1v) is 4.60. The fourth-order valence-electron chi connectivity index (χ4n) is 0.851. The molecule has 84 valence electrons. The fraction of sp³-hybridized carbons (Fsp3) is 0.200. The van der Waals surface area contributed by atoms with Gasteiger partial charge in [-0.1, -0.05) is 0 Å². The van der Waals surface area contributed by atoms with Gasteiger partial charge >= 0.3 is 5.69 Å². The van der Waals surface area contributed by atoms with E-state index in [-0.39, 0.29) is 5.56 Å². The van der Waals surface area contributed by atoms with Crippen LogP contribution >= 0.6 is 0 Å². The molecule has 6 heteroatoms. The first kappa shape index (κ1) is 11.8. The number of hydrogen-bond acceptors (Lipinski definition) is 4. The van der Waals surface area contributed by atoms with Gasteiger partial charge in [-0.3, -0.25) is 9.78 Å². The predicted molar refractivity (Wildman–Crippen MR) is 59.2 cm³/mol. The standard InChI is InChI=1S/C5H6N2O2.C5H6N2/c1-3-2-6-5(9)7-4(3)8;1-5-2-6-4-7-3-5/h2H,1H3,(H2,6,7,8,9);2-4H,1H3. The van der Waals surface area contributed by atoms with Crippen LogP contribution in [0.25, 0.3) is 0 Å². The molecule has 0 saturated heterocycles. The molecule has 0 bridgehead atoms. The summed E-state index contributed by atoms with van der Waals surface area (Å²) in [6, 6.07) is 0. The molecule has 0 spiro atoms. The zero-order chi connectivity index (χ0) is 12.0. The zero-order valence-corrected chi connectivity index (χ0v) is 9.02. The molecular formula is C10H12N4O2. The largest absolute Gasteiger partial charge is 0.325 e. The molecule has 2 aromatic rings. The highest BCUT2D eigenvalue weighted by Crippen LogP contribution is 1.84. The Kier molecular flexibility index (Phi) is 4.14. The number of nitrogens with zero attached hydrogens (tertiary/aromatic N) is 2. The van der Waals surface area contributed by atoms with Gasteiger partial charge in [-0.2, -0.15) is 0 Å². The van der Waals surface area contributed by atoms with Gasteiger partial charge in [-0.15, -0.1) is 0 Å². The van der Waals surface area contributed by atoms with Crippen LogP contribution in [-0.2, 0) is 0 Å². The van der Waals surface area contributed by atoms with Crippen molar-refractivity contribution in [3.63, 3.8) is 0 Å². The SMILES string of the molecule is Cc1c[nH]c(=O)[nH]c1=O.Cc1cncnc1. The van der Waals surface area contributed by atoms with Crippen LogP contribution in [0.3, 0.4) is 0 Å². The van der Waals surface area contributed by atoms with E-state index in [1.165, 1.54) is 12.5 Å². The summed E-state index contributed by atoms with van der Waals surface area (Å²) in [5.41, 5.74) is 0.807. The van der Waals surface area contributed by atoms with Crippen LogP contribution in [0.15, 0.2) is 34.5 Å². The number of nitrogens with one attached hydrogen (secondary N) is 2. The molecule has 2 N–H and O–H groups in total. The lowest BCUT2D eigenvalue weighted by atomic mass is 10.4. The molecule has 0 saturated carbocycles. The molecule has 2 rings (SSSR count). The van der Waals surface area contributed by atoms with Crippen molar-refractivity contribution in [2.45, 2.75) is 13.8 Å². The monoisotopic (exact) mass is 220 g/mol. The zero-order valence-electron chi connectivity index (χ0n) is 9.02. The molecule has 0 aliphatic rings. The van der Waals surface area contributed by atoms with E-state index in [2.05, 4.69) is 19.9 Å². The molecule has 0 radical (unpaired) electrons. The maximum absolute atomic E-state index is 10.6. The Morgan fingerprint density at radius 1 is 1.12 bits per heavy atom. The van der Waals surface area contributed by atoms with Gasteiger partial charge in [0.15, 0.2) is 0 Å². The van der Waals surface area contributed by atoms with Gasteiger partial charge < -0.3 is 4.98 Å². The summed E-state index contributed by atoms with van der Waals surface area (Å²) in [7, 11) is 0. The van der Waals surface area contributed by atoms with Crippen molar-refractivity contribution in [3.8, 4) is 0 Å². The minimum atomic E-state index is -0.467. The predicted octanol–water partition coefficient (Wildman–Crippen LogP) is 0.157. The number of aryl methyl sites for hydroxylation is 2. The molecule has 16 heavy (non-hydrogen) atoms. The minimum absolute atomic E-state index is 0.334. The Bertz CT molecular complexity index is 544. The van der Waals surface area contributed by atoms with Gasteiger partial charge in [0.05, 0.1) is 0 Å². The number of H-pyrrole nitrogens is 2. The second-order valence-electron chi connectivity index (χ2n) is 3.17. The van der Waals surface area contributed by atoms with E-state index >= 15 is 0 Å². The van der Waals surface area contributed by atoms with Crippen molar-refractivity contribution >= 4 is 0 Å². The molecular weight excluding hydrogens is 208 g/mol. The first-order chi connectivity index (χ1) is 7.59. The fourth-order valence-corrected chi connectivity index (χ4v) is 0.851. The van der Waals surface area contributed by atoms with Gasteiger partial charge in [0.2, 0.25) is 0 Å². The van der Waals surface area contributed by atoms with Crippen LogP contribution < -0.4 is 11.2 Å². The average molecular weight is 220 g/mol. The summed E-state index contributed by atoms with van der Waals surface area (Å²) in [5.74, 6) is 0. The molecule has 2 heterocycles. The van der Waals surface area contributed by atoms with Crippen LogP contribution in [0.5, 0.6) is 0 Å². The lowest BCUT2D eigenvalue weighted by molar-refractivity contribution is 1.01. The molecule has 0 aliphatic heterocycles. The highest BCUT2D eigenvalue weighted by Gasteiger charge is 1.88. The Morgan fingerprint density at radius 2 is 1.75 bits per heavy atom. The topological polar surface area (TPSA) is 91.5 Å². The van der Waals surface area contributed by atoms with E-state index in [9.17, 15) is 9.59 Å². The summed E-state index contributed by atoms with van der Waals surface area (Å²) in [6.45, 7) is 3.58. The summed E-state index contributed by atoms with van der Waals surface area (Å²) < 4.78 is 0. The average Bonchev–Trinajstić information content (AvgIpc) is 2.26. The maximum Gasteiger partial charge on any atom is 0.325 e. The van der Waals surface area contributed by atoms with E-state index in [0.717, 1.165) is 5.56 Å². The van der Waals surface area contributed by atoms with Gasteiger partial charge in [0, 0.05) is 24.2 Å². The van der Waals surface area contributed by atoms with Crippen molar-refractivity contribution in [1.82, 2.24) is 19.9 Å². The van der Waals surface area contributed by atoms with Crippen LogP contribution in [0.2, 0.25) is 0 Å². The number of aromatic nitrogens is 4. The van der Waals surface area contributed by atoms with E-state index < -0.39 is 5.69 Å². The number of hydrogen-bond donors (Lipinski definition) is 2. The van der Waals surface area contributed by atoms with Crippen molar-refractivity contribution in [1.29, 1.82) is 0 Å². The van der Waals surface area contributed by atoms with Gasteiger partial charge in [-0.25, -0.2) is 14.8 Å². The van der Waals surface area contributed by atoms with Crippen molar-refractivity contribution in [2.24, 2.45) is 0 Å². The molecule has 0 aliphatic carbocycles. The van der Waals surface area contributed by atoms with Gasteiger partial charge in [0.25, 0.3) is 5.56 Å². The Morgan fingerprint density at radius 3 is 2.12 bits per heavy atom. The lowest BCUT2D eigenvalue weighted by Gasteiger charge is -1.84. The Balaban J connectivity index is 0.000000165. The molecule has 2 aromatic heterocycles. The first-order valence-electron chi connectivity index (χ1n) is 4.60. The molecule has 0 unspecified atom stereocenters. The molecule has 0 fully saturated rings. The summed E-state index contributed by atoms with van der Waals surface area (Å²) >= 11 is 0. The summed E-state index contributed by atoms with van der Waals surface area (Å²) in [4.78, 5) is 32.8. The molecule has 6 nitrogen and oxygen atoms in total. The second-order valence-corrected chi connectivity index (χ2v) is 3.17. The summed E-state index contributed by atoms with van der Waals surface area (Å²) in [5, 5.41) is 0. The molecule has 0 aromatic carbocycles. The third-order valence-corrected chi connectivity index (χ3v) is 1.69.